The third kappa shape index (κ3) is 5.18. The van der Waals surface area contributed by atoms with Crippen LogP contribution in [0.4, 0.5) is 0 Å². The summed E-state index contributed by atoms with van der Waals surface area (Å²) in [4.78, 5) is 15.1. The molecule has 2 heterocycles. The lowest BCUT2D eigenvalue weighted by Crippen LogP contribution is -2.07. The second-order valence-electron chi connectivity index (χ2n) is 4.33. The van der Waals surface area contributed by atoms with Crippen molar-refractivity contribution in [2.75, 3.05) is 6.61 Å². The van der Waals surface area contributed by atoms with Gasteiger partial charge < -0.3 is 9.15 Å². The highest BCUT2D eigenvalue weighted by atomic mass is 32.2. The van der Waals surface area contributed by atoms with Gasteiger partial charge in [0, 0.05) is 11.7 Å². The van der Waals surface area contributed by atoms with Crippen LogP contribution in [0.25, 0.3) is 0 Å². The molecule has 9 heteroatoms. The largest absolute Gasteiger partial charge is 0.466 e. The van der Waals surface area contributed by atoms with Crippen molar-refractivity contribution in [3.8, 4) is 0 Å². The molecule has 2 aromatic rings. The van der Waals surface area contributed by atoms with Gasteiger partial charge in [-0.25, -0.2) is 9.67 Å². The quantitative estimate of drug-likeness (QED) is 0.535. The molecule has 0 aliphatic carbocycles. The first kappa shape index (κ1) is 15.5. The van der Waals surface area contributed by atoms with Crippen molar-refractivity contribution in [3.63, 3.8) is 0 Å². The summed E-state index contributed by atoms with van der Waals surface area (Å²) in [5, 5.41) is 12.6. The van der Waals surface area contributed by atoms with Crippen molar-refractivity contribution in [1.29, 1.82) is 0 Å². The Hall–Kier alpha value is -1.90. The maximum absolute atomic E-state index is 11.3. The molecular formula is C12H17N5O3S. The lowest BCUT2D eigenvalue weighted by Gasteiger charge is -2.07. The molecule has 0 bridgehead atoms. The molecule has 0 aromatic carbocycles. The molecule has 2 rings (SSSR count). The predicted octanol–water partition coefficient (Wildman–Crippen LogP) is 1.53. The number of nitrogens with zero attached hydrogens (tertiary/aromatic N) is 5. The van der Waals surface area contributed by atoms with E-state index in [0.717, 1.165) is 0 Å². The van der Waals surface area contributed by atoms with Gasteiger partial charge in [0.15, 0.2) is 0 Å². The first-order chi connectivity index (χ1) is 10.2. The zero-order chi connectivity index (χ0) is 15.1. The summed E-state index contributed by atoms with van der Waals surface area (Å²) in [6.07, 6.45) is 4.12. The molecular weight excluding hydrogens is 294 g/mol. The average Bonchev–Trinajstić information content (AvgIpc) is 3.10. The van der Waals surface area contributed by atoms with Gasteiger partial charge in [0.1, 0.15) is 19.2 Å². The Morgan fingerprint density at radius 3 is 3.10 bits per heavy atom. The number of rotatable bonds is 8. The van der Waals surface area contributed by atoms with E-state index in [0.29, 0.717) is 37.1 Å². The van der Waals surface area contributed by atoms with E-state index < -0.39 is 0 Å². The molecule has 1 atom stereocenters. The van der Waals surface area contributed by atoms with Crippen LogP contribution in [-0.2, 0) is 16.1 Å². The maximum Gasteiger partial charge on any atom is 0.305 e. The number of hydrogen-bond acceptors (Lipinski definition) is 8. The molecule has 114 valence electrons. The van der Waals surface area contributed by atoms with Crippen LogP contribution in [0.5, 0.6) is 0 Å². The lowest BCUT2D eigenvalue weighted by molar-refractivity contribution is -0.143. The first-order valence-electron chi connectivity index (χ1n) is 6.64. The molecule has 0 aliphatic heterocycles. The second kappa shape index (κ2) is 7.77. The molecule has 8 nitrogen and oxygen atoms in total. The fraction of sp³-hybridized carbons (Fsp3) is 0.583. The van der Waals surface area contributed by atoms with Crippen LogP contribution in [0.2, 0.25) is 0 Å². The van der Waals surface area contributed by atoms with Crippen LogP contribution in [0, 0.1) is 0 Å². The van der Waals surface area contributed by atoms with Gasteiger partial charge in [-0.3, -0.25) is 4.79 Å². The smallest absolute Gasteiger partial charge is 0.305 e. The Balaban J connectivity index is 1.77. The number of carbonyl (C=O) groups is 1. The van der Waals surface area contributed by atoms with Crippen molar-refractivity contribution >= 4 is 17.7 Å². The Bertz CT molecular complexity index is 557. The van der Waals surface area contributed by atoms with E-state index in [1.54, 1.807) is 17.9 Å². The highest BCUT2D eigenvalue weighted by Gasteiger charge is 2.13. The molecule has 0 radical (unpaired) electrons. The molecule has 0 amide bonds. The SMILES string of the molecule is CCOC(=O)CCC(C)Sc1nnc(Cn2cncn2)o1. The molecule has 0 spiro atoms. The van der Waals surface area contributed by atoms with Crippen molar-refractivity contribution in [3.05, 3.63) is 18.5 Å². The van der Waals surface area contributed by atoms with E-state index in [2.05, 4.69) is 20.3 Å². The summed E-state index contributed by atoms with van der Waals surface area (Å²) in [7, 11) is 0. The standard InChI is InChI=1S/C12H17N5O3S/c1-3-19-11(18)5-4-9(2)21-12-16-15-10(20-12)6-17-8-13-7-14-17/h7-9H,3-6H2,1-2H3. The fourth-order valence-electron chi connectivity index (χ4n) is 1.59. The van der Waals surface area contributed by atoms with Gasteiger partial charge in [-0.2, -0.15) is 5.10 Å². The number of carbonyl (C=O) groups excluding carboxylic acids is 1. The van der Waals surface area contributed by atoms with Crippen LogP contribution in [0.1, 0.15) is 32.6 Å². The summed E-state index contributed by atoms with van der Waals surface area (Å²) in [5.41, 5.74) is 0. The van der Waals surface area contributed by atoms with Crippen molar-refractivity contribution < 1.29 is 13.9 Å². The predicted molar refractivity (Wildman–Crippen MR) is 74.6 cm³/mol. The van der Waals surface area contributed by atoms with Crippen LogP contribution in [0.15, 0.2) is 22.3 Å². The van der Waals surface area contributed by atoms with Crippen molar-refractivity contribution in [2.45, 2.75) is 43.7 Å². The minimum Gasteiger partial charge on any atom is -0.466 e. The van der Waals surface area contributed by atoms with Gasteiger partial charge in [-0.15, -0.1) is 10.2 Å². The molecule has 0 saturated heterocycles. The minimum atomic E-state index is -0.178. The molecule has 0 N–H and O–H groups in total. The summed E-state index contributed by atoms with van der Waals surface area (Å²) in [6.45, 7) is 4.61. The number of aromatic nitrogens is 5. The van der Waals surface area contributed by atoms with Gasteiger partial charge in [-0.05, 0) is 13.3 Å². The Kier molecular flexibility index (Phi) is 5.73. The number of ether oxygens (including phenoxy) is 1. The highest BCUT2D eigenvalue weighted by Crippen LogP contribution is 2.24. The van der Waals surface area contributed by atoms with Gasteiger partial charge >= 0.3 is 5.97 Å². The van der Waals surface area contributed by atoms with E-state index in [1.807, 2.05) is 6.92 Å². The molecule has 0 saturated carbocycles. The van der Waals surface area contributed by atoms with E-state index in [-0.39, 0.29) is 11.2 Å². The van der Waals surface area contributed by atoms with Crippen LogP contribution in [-0.4, -0.2) is 42.8 Å². The minimum absolute atomic E-state index is 0.178. The Labute approximate surface area is 126 Å². The number of thioether (sulfide) groups is 1. The third-order valence-corrected chi connectivity index (χ3v) is 3.58. The normalized spacial score (nSPS) is 12.3. The van der Waals surface area contributed by atoms with Crippen LogP contribution >= 0.6 is 11.8 Å². The lowest BCUT2D eigenvalue weighted by atomic mass is 10.2. The summed E-state index contributed by atoms with van der Waals surface area (Å²) >= 11 is 1.44. The summed E-state index contributed by atoms with van der Waals surface area (Å²) in [5.74, 6) is 0.294. The number of hydrogen-bond donors (Lipinski definition) is 0. The van der Waals surface area contributed by atoms with E-state index in [4.69, 9.17) is 9.15 Å². The highest BCUT2D eigenvalue weighted by molar-refractivity contribution is 7.99. The summed E-state index contributed by atoms with van der Waals surface area (Å²) < 4.78 is 12.0. The Morgan fingerprint density at radius 2 is 2.38 bits per heavy atom. The second-order valence-corrected chi connectivity index (χ2v) is 5.72. The van der Waals surface area contributed by atoms with Gasteiger partial charge in [-0.1, -0.05) is 18.7 Å². The van der Waals surface area contributed by atoms with E-state index >= 15 is 0 Å². The van der Waals surface area contributed by atoms with Gasteiger partial charge in [0.25, 0.3) is 5.22 Å². The Morgan fingerprint density at radius 1 is 1.52 bits per heavy atom. The number of esters is 1. The molecule has 21 heavy (non-hydrogen) atoms. The van der Waals surface area contributed by atoms with Gasteiger partial charge in [0.05, 0.1) is 6.61 Å². The average molecular weight is 311 g/mol. The first-order valence-corrected chi connectivity index (χ1v) is 7.52. The summed E-state index contributed by atoms with van der Waals surface area (Å²) in [6, 6.07) is 0. The maximum atomic E-state index is 11.3. The van der Waals surface area contributed by atoms with E-state index in [9.17, 15) is 4.79 Å². The van der Waals surface area contributed by atoms with Gasteiger partial charge in [0.2, 0.25) is 5.89 Å². The zero-order valence-corrected chi connectivity index (χ0v) is 12.7. The molecule has 0 fully saturated rings. The molecule has 0 aliphatic rings. The van der Waals surface area contributed by atoms with E-state index in [1.165, 1.54) is 18.1 Å². The van der Waals surface area contributed by atoms with Crippen molar-refractivity contribution in [2.24, 2.45) is 0 Å². The molecule has 2 aromatic heterocycles. The zero-order valence-electron chi connectivity index (χ0n) is 11.9. The monoisotopic (exact) mass is 311 g/mol. The fourth-order valence-corrected chi connectivity index (χ4v) is 2.40. The topological polar surface area (TPSA) is 95.9 Å². The third-order valence-electron chi connectivity index (χ3n) is 2.57. The molecule has 1 unspecified atom stereocenters. The van der Waals surface area contributed by atoms with Crippen LogP contribution < -0.4 is 0 Å². The van der Waals surface area contributed by atoms with Crippen molar-refractivity contribution in [1.82, 2.24) is 25.0 Å². The van der Waals surface area contributed by atoms with Crippen LogP contribution in [0.3, 0.4) is 0 Å².